The molecule has 38 heavy (non-hydrogen) atoms. The van der Waals surface area contributed by atoms with Crippen molar-refractivity contribution in [1.82, 2.24) is 0 Å². The summed E-state index contributed by atoms with van der Waals surface area (Å²) in [5.74, 6) is 2.88. The van der Waals surface area contributed by atoms with Crippen LogP contribution in [0, 0.1) is 38.5 Å². The van der Waals surface area contributed by atoms with Crippen molar-refractivity contribution in [3.8, 4) is 11.5 Å². The van der Waals surface area contributed by atoms with Gasteiger partial charge in [0.15, 0.2) is 6.61 Å². The summed E-state index contributed by atoms with van der Waals surface area (Å²) in [4.78, 5) is 23.2. The molecule has 0 radical (unpaired) electrons. The molecule has 0 saturated heterocycles. The quantitative estimate of drug-likeness (QED) is 0.168. The van der Waals surface area contributed by atoms with Crippen LogP contribution >= 0.6 is 0 Å². The summed E-state index contributed by atoms with van der Waals surface area (Å²) in [6.45, 7) is 18.6. The molecular weight excluding hydrogens is 476 g/mol. The monoisotopic (exact) mass is 530 g/mol. The highest BCUT2D eigenvalue weighted by molar-refractivity contribution is 5.78. The molecule has 0 N–H and O–H groups in total. The van der Waals surface area contributed by atoms with Crippen LogP contribution in [0.2, 0.25) is 0 Å². The Hall–Kier alpha value is -2.04. The minimum absolute atomic E-state index is 0.172. The van der Waals surface area contributed by atoms with E-state index in [4.69, 9.17) is 14.2 Å². The number of rotatable bonds is 15. The highest BCUT2D eigenvalue weighted by Gasteiger charge is 2.34. The molecule has 0 fully saturated rings. The number of esters is 2. The van der Waals surface area contributed by atoms with Crippen LogP contribution in [-0.2, 0) is 20.7 Å². The van der Waals surface area contributed by atoms with Gasteiger partial charge in [0.25, 0.3) is 0 Å². The van der Waals surface area contributed by atoms with E-state index in [1.165, 1.54) is 58.3 Å². The Bertz CT molecular complexity index is 934. The topological polar surface area (TPSA) is 61.8 Å². The number of carbonyl (C=O) groups is 2. The van der Waals surface area contributed by atoms with Gasteiger partial charge in [-0.3, -0.25) is 4.79 Å². The van der Waals surface area contributed by atoms with Crippen molar-refractivity contribution in [2.24, 2.45) is 17.8 Å². The Balaban J connectivity index is 1.87. The second-order valence-electron chi connectivity index (χ2n) is 12.7. The average molecular weight is 531 g/mol. The molecule has 216 valence electrons. The Morgan fingerprint density at radius 2 is 1.45 bits per heavy atom. The molecule has 1 aromatic rings. The van der Waals surface area contributed by atoms with E-state index in [0.29, 0.717) is 5.75 Å². The van der Waals surface area contributed by atoms with E-state index in [2.05, 4.69) is 34.6 Å². The lowest BCUT2D eigenvalue weighted by Crippen LogP contribution is -2.37. The molecule has 5 heteroatoms. The largest absolute Gasteiger partial charge is 0.487 e. The van der Waals surface area contributed by atoms with Crippen LogP contribution in [-0.4, -0.2) is 24.1 Å². The third kappa shape index (κ3) is 9.93. The van der Waals surface area contributed by atoms with Gasteiger partial charge in [-0.25, -0.2) is 4.79 Å². The van der Waals surface area contributed by atoms with Gasteiger partial charge in [-0.05, 0) is 87.8 Å². The molecule has 0 aromatic heterocycles. The Morgan fingerprint density at radius 1 is 0.868 bits per heavy atom. The molecule has 5 nitrogen and oxygen atoms in total. The average Bonchev–Trinajstić information content (AvgIpc) is 2.83. The van der Waals surface area contributed by atoms with Gasteiger partial charge in [-0.2, -0.15) is 0 Å². The molecular formula is C33H54O5. The van der Waals surface area contributed by atoms with E-state index in [0.717, 1.165) is 65.0 Å². The summed E-state index contributed by atoms with van der Waals surface area (Å²) in [7, 11) is 0. The second-order valence-corrected chi connectivity index (χ2v) is 12.7. The maximum Gasteiger partial charge on any atom is 0.349 e. The van der Waals surface area contributed by atoms with E-state index in [-0.39, 0.29) is 12.2 Å². The second kappa shape index (κ2) is 14.9. The smallest absolute Gasteiger partial charge is 0.349 e. The van der Waals surface area contributed by atoms with Crippen LogP contribution in [0.3, 0.4) is 0 Å². The number of hydrogen-bond acceptors (Lipinski definition) is 5. The van der Waals surface area contributed by atoms with Crippen LogP contribution in [0.15, 0.2) is 0 Å². The third-order valence-electron chi connectivity index (χ3n) is 8.45. The number of carbonyl (C=O) groups excluding carboxylic acids is 2. The molecule has 1 heterocycles. The van der Waals surface area contributed by atoms with E-state index in [1.54, 1.807) is 0 Å². The zero-order chi connectivity index (χ0) is 28.5. The van der Waals surface area contributed by atoms with Gasteiger partial charge in [-0.15, -0.1) is 0 Å². The molecule has 0 bridgehead atoms. The third-order valence-corrected chi connectivity index (χ3v) is 8.45. The van der Waals surface area contributed by atoms with Gasteiger partial charge in [-0.1, -0.05) is 72.6 Å². The van der Waals surface area contributed by atoms with Gasteiger partial charge in [0.05, 0.1) is 0 Å². The van der Waals surface area contributed by atoms with Crippen molar-refractivity contribution in [3.05, 3.63) is 22.3 Å². The Kier molecular flexibility index (Phi) is 12.6. The standard InChI is InChI=1S/C33H54O5/c1-22(2)13-10-14-23(3)15-11-16-24(4)17-12-19-33(9)20-18-29-27(7)31(25(5)26(6)32(29)38-33)37-30(35)21-36-28(8)34/h22-24H,10-21H2,1-9H3/t23-,24-,33-/m1/s1. The Labute approximate surface area is 232 Å². The number of hydrogen-bond donors (Lipinski definition) is 0. The first kappa shape index (κ1) is 32.2. The minimum Gasteiger partial charge on any atom is -0.487 e. The molecule has 1 aromatic carbocycles. The first-order chi connectivity index (χ1) is 17.8. The number of benzene rings is 1. The number of ether oxygens (including phenoxy) is 3. The number of fused-ring (bicyclic) bond motifs is 1. The van der Waals surface area contributed by atoms with Crippen LogP contribution in [0.5, 0.6) is 11.5 Å². The summed E-state index contributed by atoms with van der Waals surface area (Å²) in [5, 5.41) is 0. The maximum atomic E-state index is 12.2. The summed E-state index contributed by atoms with van der Waals surface area (Å²) in [6, 6.07) is 0. The minimum atomic E-state index is -0.568. The molecule has 0 spiro atoms. The molecule has 0 amide bonds. The van der Waals surface area contributed by atoms with Crippen LogP contribution < -0.4 is 9.47 Å². The SMILES string of the molecule is CC(=O)OCC(=O)Oc1c(C)c(C)c2c(c1C)CC[C@@](C)(CCC[C@H](C)CCC[C@H](C)CCCC(C)C)O2. The van der Waals surface area contributed by atoms with Crippen LogP contribution in [0.25, 0.3) is 0 Å². The zero-order valence-corrected chi connectivity index (χ0v) is 25.8. The van der Waals surface area contributed by atoms with Crippen molar-refractivity contribution >= 4 is 11.9 Å². The molecule has 0 saturated carbocycles. The Morgan fingerprint density at radius 3 is 2.03 bits per heavy atom. The lowest BCUT2D eigenvalue weighted by Gasteiger charge is -2.38. The van der Waals surface area contributed by atoms with Gasteiger partial charge in [0, 0.05) is 12.5 Å². The van der Waals surface area contributed by atoms with Crippen molar-refractivity contribution in [2.75, 3.05) is 6.61 Å². The van der Waals surface area contributed by atoms with Gasteiger partial charge >= 0.3 is 11.9 Å². The predicted molar refractivity (Wildman–Crippen MR) is 155 cm³/mol. The molecule has 0 unspecified atom stereocenters. The molecule has 0 aliphatic carbocycles. The first-order valence-corrected chi connectivity index (χ1v) is 15.0. The van der Waals surface area contributed by atoms with Crippen molar-refractivity contribution in [2.45, 2.75) is 139 Å². The maximum absolute atomic E-state index is 12.2. The van der Waals surface area contributed by atoms with Crippen molar-refractivity contribution < 1.29 is 23.8 Å². The van der Waals surface area contributed by atoms with E-state index < -0.39 is 11.9 Å². The van der Waals surface area contributed by atoms with Crippen molar-refractivity contribution in [1.29, 1.82) is 0 Å². The normalized spacial score (nSPS) is 18.5. The summed E-state index contributed by atoms with van der Waals surface area (Å²) < 4.78 is 17.1. The zero-order valence-electron chi connectivity index (χ0n) is 25.8. The fourth-order valence-electron chi connectivity index (χ4n) is 5.72. The highest BCUT2D eigenvalue weighted by Crippen LogP contribution is 2.45. The van der Waals surface area contributed by atoms with Crippen molar-refractivity contribution in [3.63, 3.8) is 0 Å². The van der Waals surface area contributed by atoms with Gasteiger partial charge < -0.3 is 14.2 Å². The fraction of sp³-hybridized carbons (Fsp3) is 0.758. The molecule has 1 aliphatic heterocycles. The molecule has 2 rings (SSSR count). The summed E-state index contributed by atoms with van der Waals surface area (Å²) in [5.41, 5.74) is 3.80. The lowest BCUT2D eigenvalue weighted by molar-refractivity contribution is -0.152. The predicted octanol–water partition coefficient (Wildman–Crippen LogP) is 8.60. The molecule has 1 aliphatic rings. The lowest BCUT2D eigenvalue weighted by atomic mass is 9.83. The van der Waals surface area contributed by atoms with E-state index >= 15 is 0 Å². The van der Waals surface area contributed by atoms with E-state index in [1.807, 2.05) is 20.8 Å². The van der Waals surface area contributed by atoms with Crippen LogP contribution in [0.1, 0.15) is 128 Å². The van der Waals surface area contributed by atoms with Gasteiger partial charge in [0.1, 0.15) is 17.1 Å². The first-order valence-electron chi connectivity index (χ1n) is 15.0. The fourth-order valence-corrected chi connectivity index (χ4v) is 5.72. The van der Waals surface area contributed by atoms with Gasteiger partial charge in [0.2, 0.25) is 0 Å². The van der Waals surface area contributed by atoms with E-state index in [9.17, 15) is 9.59 Å². The highest BCUT2D eigenvalue weighted by atomic mass is 16.6. The van der Waals surface area contributed by atoms with Crippen LogP contribution in [0.4, 0.5) is 0 Å². The molecule has 3 atom stereocenters. The summed E-state index contributed by atoms with van der Waals surface area (Å²) >= 11 is 0. The summed E-state index contributed by atoms with van der Waals surface area (Å²) in [6.07, 6.45) is 13.5.